The highest BCUT2D eigenvalue weighted by molar-refractivity contribution is 6.10. The Kier molecular flexibility index (Phi) is 4.39. The summed E-state index contributed by atoms with van der Waals surface area (Å²) < 4.78 is 11.2. The first-order chi connectivity index (χ1) is 12.6. The van der Waals surface area contributed by atoms with Gasteiger partial charge < -0.3 is 14.5 Å². The van der Waals surface area contributed by atoms with E-state index in [2.05, 4.69) is 4.98 Å². The third-order valence-corrected chi connectivity index (χ3v) is 4.65. The Balaban J connectivity index is 1.48. The SMILES string of the molecule is Cc1[nH]c2ccccc2c1C(=O)CN(C)Cc1ccc2c(c1)OCCO2. The first-order valence-corrected chi connectivity index (χ1v) is 8.79. The van der Waals surface area contributed by atoms with Crippen molar-refractivity contribution in [3.63, 3.8) is 0 Å². The minimum absolute atomic E-state index is 0.125. The van der Waals surface area contributed by atoms with E-state index in [1.54, 1.807) is 0 Å². The summed E-state index contributed by atoms with van der Waals surface area (Å²) in [5, 5.41) is 0.989. The van der Waals surface area contributed by atoms with E-state index in [0.29, 0.717) is 26.3 Å². The molecular formula is C21H22N2O3. The quantitative estimate of drug-likeness (QED) is 0.715. The van der Waals surface area contributed by atoms with Crippen LogP contribution in [0.5, 0.6) is 11.5 Å². The molecule has 5 heteroatoms. The molecule has 26 heavy (non-hydrogen) atoms. The average molecular weight is 350 g/mol. The van der Waals surface area contributed by atoms with Crippen molar-refractivity contribution >= 4 is 16.7 Å². The number of para-hydroxylation sites is 1. The van der Waals surface area contributed by atoms with E-state index in [9.17, 15) is 4.79 Å². The molecule has 3 aromatic rings. The molecule has 0 amide bonds. The molecule has 134 valence electrons. The number of fused-ring (bicyclic) bond motifs is 2. The molecule has 0 saturated heterocycles. The van der Waals surface area contributed by atoms with Gasteiger partial charge in [0.15, 0.2) is 17.3 Å². The molecule has 4 rings (SSSR count). The van der Waals surface area contributed by atoms with Gasteiger partial charge in [0.2, 0.25) is 0 Å². The van der Waals surface area contributed by atoms with Crippen LogP contribution < -0.4 is 9.47 Å². The van der Waals surface area contributed by atoms with Crippen LogP contribution >= 0.6 is 0 Å². The molecule has 0 atom stereocenters. The Bertz CT molecular complexity index is 961. The number of aryl methyl sites for hydroxylation is 1. The molecule has 1 aliphatic heterocycles. The number of carbonyl (C=O) groups is 1. The van der Waals surface area contributed by atoms with Gasteiger partial charge >= 0.3 is 0 Å². The Labute approximate surface area is 152 Å². The fraction of sp³-hybridized carbons (Fsp3) is 0.286. The van der Waals surface area contributed by atoms with E-state index >= 15 is 0 Å². The highest BCUT2D eigenvalue weighted by atomic mass is 16.6. The van der Waals surface area contributed by atoms with Crippen LogP contribution in [0, 0.1) is 6.92 Å². The number of ether oxygens (including phenoxy) is 2. The first kappa shape index (κ1) is 16.7. The zero-order valence-corrected chi connectivity index (χ0v) is 15.0. The van der Waals surface area contributed by atoms with Crippen molar-refractivity contribution in [2.45, 2.75) is 13.5 Å². The van der Waals surface area contributed by atoms with Crippen LogP contribution in [0.2, 0.25) is 0 Å². The predicted octanol–water partition coefficient (Wildman–Crippen LogP) is 3.56. The second-order valence-electron chi connectivity index (χ2n) is 6.74. The molecule has 0 unspecified atom stereocenters. The van der Waals surface area contributed by atoms with E-state index < -0.39 is 0 Å². The molecule has 0 radical (unpaired) electrons. The Morgan fingerprint density at radius 2 is 1.88 bits per heavy atom. The molecule has 1 aromatic heterocycles. The zero-order chi connectivity index (χ0) is 18.1. The number of ketones is 1. The molecule has 1 N–H and O–H groups in total. The van der Waals surface area contributed by atoms with Crippen molar-refractivity contribution in [1.82, 2.24) is 9.88 Å². The lowest BCUT2D eigenvalue weighted by Gasteiger charge is -2.21. The van der Waals surface area contributed by atoms with Crippen LogP contribution in [0.3, 0.4) is 0 Å². The van der Waals surface area contributed by atoms with Crippen molar-refractivity contribution in [3.8, 4) is 11.5 Å². The molecule has 0 spiro atoms. The van der Waals surface area contributed by atoms with Crippen LogP contribution in [0.25, 0.3) is 10.9 Å². The smallest absolute Gasteiger partial charge is 0.179 e. The molecular weight excluding hydrogens is 328 g/mol. The zero-order valence-electron chi connectivity index (χ0n) is 15.0. The number of hydrogen-bond acceptors (Lipinski definition) is 4. The average Bonchev–Trinajstić information content (AvgIpc) is 2.97. The Hall–Kier alpha value is -2.79. The van der Waals surface area contributed by atoms with Crippen LogP contribution in [0.4, 0.5) is 0 Å². The van der Waals surface area contributed by atoms with Crippen molar-refractivity contribution in [1.29, 1.82) is 0 Å². The summed E-state index contributed by atoms with van der Waals surface area (Å²) in [6, 6.07) is 13.9. The van der Waals surface area contributed by atoms with Gasteiger partial charge in [0.1, 0.15) is 13.2 Å². The predicted molar refractivity (Wildman–Crippen MR) is 101 cm³/mol. The van der Waals surface area contributed by atoms with Crippen LogP contribution in [-0.4, -0.2) is 42.5 Å². The number of rotatable bonds is 5. The summed E-state index contributed by atoms with van der Waals surface area (Å²) >= 11 is 0. The maximum atomic E-state index is 12.9. The van der Waals surface area contributed by atoms with Crippen molar-refractivity contribution in [2.24, 2.45) is 0 Å². The maximum Gasteiger partial charge on any atom is 0.179 e. The summed E-state index contributed by atoms with van der Waals surface area (Å²) in [6.07, 6.45) is 0. The lowest BCUT2D eigenvalue weighted by atomic mass is 10.1. The minimum atomic E-state index is 0.125. The van der Waals surface area contributed by atoms with Gasteiger partial charge in [-0.15, -0.1) is 0 Å². The molecule has 2 heterocycles. The maximum absolute atomic E-state index is 12.9. The largest absolute Gasteiger partial charge is 0.486 e. The van der Waals surface area contributed by atoms with Gasteiger partial charge in [-0.25, -0.2) is 0 Å². The van der Waals surface area contributed by atoms with Gasteiger partial charge in [0.25, 0.3) is 0 Å². The highest BCUT2D eigenvalue weighted by Gasteiger charge is 2.18. The third kappa shape index (κ3) is 3.18. The van der Waals surface area contributed by atoms with E-state index in [4.69, 9.17) is 9.47 Å². The molecule has 0 bridgehead atoms. The first-order valence-electron chi connectivity index (χ1n) is 8.79. The monoisotopic (exact) mass is 350 g/mol. The van der Waals surface area contributed by atoms with Crippen LogP contribution in [0.15, 0.2) is 42.5 Å². The number of Topliss-reactive ketones (excluding diaryl/α,β-unsaturated/α-hetero) is 1. The summed E-state index contributed by atoms with van der Waals surface area (Å²) in [4.78, 5) is 18.2. The number of aromatic nitrogens is 1. The Morgan fingerprint density at radius 1 is 1.12 bits per heavy atom. The Morgan fingerprint density at radius 3 is 2.73 bits per heavy atom. The number of hydrogen-bond donors (Lipinski definition) is 1. The van der Waals surface area contributed by atoms with Gasteiger partial charge in [-0.1, -0.05) is 24.3 Å². The minimum Gasteiger partial charge on any atom is -0.486 e. The van der Waals surface area contributed by atoms with Crippen molar-refractivity contribution < 1.29 is 14.3 Å². The van der Waals surface area contributed by atoms with Gasteiger partial charge in [0, 0.05) is 28.7 Å². The van der Waals surface area contributed by atoms with Gasteiger partial charge in [0.05, 0.1) is 6.54 Å². The number of likely N-dealkylation sites (N-methyl/N-ethyl adjacent to an activating group) is 1. The van der Waals surface area contributed by atoms with Crippen molar-refractivity contribution in [3.05, 3.63) is 59.3 Å². The molecule has 0 saturated carbocycles. The number of H-pyrrole nitrogens is 1. The van der Waals surface area contributed by atoms with Gasteiger partial charge in [-0.2, -0.15) is 0 Å². The molecule has 2 aromatic carbocycles. The van der Waals surface area contributed by atoms with E-state index in [1.807, 2.05) is 61.3 Å². The molecule has 1 aliphatic rings. The highest BCUT2D eigenvalue weighted by Crippen LogP contribution is 2.31. The molecule has 0 fully saturated rings. The standard InChI is InChI=1S/C21H22N2O3/c1-14-21(16-5-3-4-6-17(16)22-14)18(24)13-23(2)12-15-7-8-19-20(11-15)26-10-9-25-19/h3-8,11,22H,9-10,12-13H2,1-2H3. The van der Waals surface area contributed by atoms with Gasteiger partial charge in [-0.3, -0.25) is 9.69 Å². The fourth-order valence-corrected chi connectivity index (χ4v) is 3.51. The van der Waals surface area contributed by atoms with Crippen molar-refractivity contribution in [2.75, 3.05) is 26.8 Å². The summed E-state index contributed by atoms with van der Waals surface area (Å²) in [5.74, 6) is 1.69. The van der Waals surface area contributed by atoms with E-state index in [1.165, 1.54) is 0 Å². The normalized spacial score (nSPS) is 13.3. The third-order valence-electron chi connectivity index (χ3n) is 4.65. The number of nitrogens with zero attached hydrogens (tertiary/aromatic N) is 1. The summed E-state index contributed by atoms with van der Waals surface area (Å²) in [7, 11) is 1.96. The van der Waals surface area contributed by atoms with Crippen LogP contribution in [0.1, 0.15) is 21.6 Å². The molecule has 0 aliphatic carbocycles. The second-order valence-corrected chi connectivity index (χ2v) is 6.74. The number of carbonyl (C=O) groups excluding carboxylic acids is 1. The number of nitrogens with one attached hydrogen (secondary N) is 1. The second kappa shape index (κ2) is 6.84. The fourth-order valence-electron chi connectivity index (χ4n) is 3.51. The molecule has 5 nitrogen and oxygen atoms in total. The van der Waals surface area contributed by atoms with Crippen LogP contribution in [-0.2, 0) is 6.54 Å². The lowest BCUT2D eigenvalue weighted by molar-refractivity contribution is 0.0944. The van der Waals surface area contributed by atoms with E-state index in [-0.39, 0.29) is 5.78 Å². The lowest BCUT2D eigenvalue weighted by Crippen LogP contribution is -2.26. The summed E-state index contributed by atoms with van der Waals surface area (Å²) in [5.41, 5.74) is 3.81. The number of aromatic amines is 1. The van der Waals surface area contributed by atoms with E-state index in [0.717, 1.165) is 39.2 Å². The number of benzene rings is 2. The van der Waals surface area contributed by atoms with Gasteiger partial charge in [-0.05, 0) is 37.7 Å². The topological polar surface area (TPSA) is 54.6 Å². The summed E-state index contributed by atoms with van der Waals surface area (Å²) in [6.45, 7) is 4.14.